The molecule has 0 saturated carbocycles. The Balaban J connectivity index is 1.69. The lowest BCUT2D eigenvalue weighted by Crippen LogP contribution is -2.28. The smallest absolute Gasteiger partial charge is 0.268 e. The Bertz CT molecular complexity index is 832. The number of anilines is 1. The minimum atomic E-state index is -0.650. The highest BCUT2D eigenvalue weighted by atomic mass is 16.6. The van der Waals surface area contributed by atoms with Gasteiger partial charge in [0.1, 0.15) is 0 Å². The number of carbonyl (C=O) groups excluding carboxylic acids is 1. The molecule has 6 nitrogen and oxygen atoms in total. The van der Waals surface area contributed by atoms with Crippen molar-refractivity contribution >= 4 is 17.3 Å². The highest BCUT2D eigenvalue weighted by Crippen LogP contribution is 2.29. The summed E-state index contributed by atoms with van der Waals surface area (Å²) in [6.07, 6.45) is 0.591. The second-order valence-corrected chi connectivity index (χ2v) is 5.91. The van der Waals surface area contributed by atoms with Crippen LogP contribution in [-0.2, 0) is 16.1 Å². The molecule has 1 aliphatic heterocycles. The van der Waals surface area contributed by atoms with Crippen LogP contribution in [-0.4, -0.2) is 31.9 Å². The number of nitrogens with zero attached hydrogens (tertiary/aromatic N) is 1. The fourth-order valence-corrected chi connectivity index (χ4v) is 2.87. The predicted molar refractivity (Wildman–Crippen MR) is 100 cm³/mol. The molecule has 1 heterocycles. The molecule has 0 spiro atoms. The van der Waals surface area contributed by atoms with Gasteiger partial charge in [0.05, 0.1) is 19.9 Å². The topological polar surface area (TPSA) is 69.2 Å². The van der Waals surface area contributed by atoms with E-state index in [-0.39, 0.29) is 5.91 Å². The first-order valence-electron chi connectivity index (χ1n) is 8.50. The standard InChI is InChI=1S/C20H22N2O4/c1-4-13-7-5-6-8-15(13)21-20(23)19-12-16(22-26-19)14-9-10-17(24-2)18(11-14)25-3/h5-11,19H,4,12H2,1-3H3,(H,21,23)/t19-/m0/s1. The lowest BCUT2D eigenvalue weighted by Gasteiger charge is -2.12. The van der Waals surface area contributed by atoms with Gasteiger partial charge < -0.3 is 19.6 Å². The largest absolute Gasteiger partial charge is 0.493 e. The third kappa shape index (κ3) is 3.64. The van der Waals surface area contributed by atoms with Crippen molar-refractivity contribution in [2.75, 3.05) is 19.5 Å². The quantitative estimate of drug-likeness (QED) is 0.863. The highest BCUT2D eigenvalue weighted by molar-refractivity contribution is 6.06. The summed E-state index contributed by atoms with van der Waals surface area (Å²) in [5.74, 6) is 1.05. The molecule has 0 saturated heterocycles. The molecule has 0 bridgehead atoms. The van der Waals surface area contributed by atoms with Gasteiger partial charge in [-0.15, -0.1) is 0 Å². The van der Waals surface area contributed by atoms with Gasteiger partial charge in [-0.1, -0.05) is 30.3 Å². The van der Waals surface area contributed by atoms with E-state index in [1.807, 2.05) is 42.5 Å². The lowest BCUT2D eigenvalue weighted by molar-refractivity contribution is -0.125. The monoisotopic (exact) mass is 354 g/mol. The number of rotatable bonds is 6. The number of benzene rings is 2. The van der Waals surface area contributed by atoms with Crippen molar-refractivity contribution in [3.8, 4) is 11.5 Å². The van der Waals surface area contributed by atoms with Crippen LogP contribution in [0.1, 0.15) is 24.5 Å². The van der Waals surface area contributed by atoms with Gasteiger partial charge in [-0.2, -0.15) is 0 Å². The van der Waals surface area contributed by atoms with Crippen LogP contribution in [0.3, 0.4) is 0 Å². The lowest BCUT2D eigenvalue weighted by atomic mass is 10.0. The average molecular weight is 354 g/mol. The Hall–Kier alpha value is -3.02. The van der Waals surface area contributed by atoms with Crippen LogP contribution in [0.2, 0.25) is 0 Å². The van der Waals surface area contributed by atoms with Crippen molar-refractivity contribution in [2.24, 2.45) is 5.16 Å². The molecule has 26 heavy (non-hydrogen) atoms. The van der Waals surface area contributed by atoms with E-state index in [0.29, 0.717) is 23.6 Å². The summed E-state index contributed by atoms with van der Waals surface area (Å²) in [6, 6.07) is 13.2. The number of hydrogen-bond acceptors (Lipinski definition) is 5. The number of methoxy groups -OCH3 is 2. The second-order valence-electron chi connectivity index (χ2n) is 5.91. The molecule has 136 valence electrons. The van der Waals surface area contributed by atoms with E-state index in [1.165, 1.54) is 0 Å². The Morgan fingerprint density at radius 1 is 1.19 bits per heavy atom. The molecule has 6 heteroatoms. The minimum Gasteiger partial charge on any atom is -0.493 e. The Labute approximate surface area is 152 Å². The van der Waals surface area contributed by atoms with E-state index in [0.717, 1.165) is 23.2 Å². The molecule has 1 aliphatic rings. The van der Waals surface area contributed by atoms with Gasteiger partial charge in [-0.3, -0.25) is 4.79 Å². The maximum absolute atomic E-state index is 12.5. The van der Waals surface area contributed by atoms with Crippen LogP contribution in [0.4, 0.5) is 5.69 Å². The van der Waals surface area contributed by atoms with Crippen LogP contribution >= 0.6 is 0 Å². The third-order valence-electron chi connectivity index (χ3n) is 4.33. The molecule has 2 aromatic rings. The SMILES string of the molecule is CCc1ccccc1NC(=O)[C@@H]1CC(c2ccc(OC)c(OC)c2)=NO1. The van der Waals surface area contributed by atoms with Crippen LogP contribution in [0, 0.1) is 0 Å². The van der Waals surface area contributed by atoms with Gasteiger partial charge in [0.2, 0.25) is 6.10 Å². The van der Waals surface area contributed by atoms with Crippen molar-refractivity contribution in [2.45, 2.75) is 25.9 Å². The van der Waals surface area contributed by atoms with Crippen molar-refractivity contribution in [3.63, 3.8) is 0 Å². The number of para-hydroxylation sites is 1. The van der Waals surface area contributed by atoms with E-state index in [9.17, 15) is 4.79 Å². The van der Waals surface area contributed by atoms with Gasteiger partial charge in [0, 0.05) is 17.7 Å². The van der Waals surface area contributed by atoms with E-state index < -0.39 is 6.10 Å². The molecular weight excluding hydrogens is 332 g/mol. The highest BCUT2D eigenvalue weighted by Gasteiger charge is 2.29. The summed E-state index contributed by atoms with van der Waals surface area (Å²) < 4.78 is 10.6. The molecule has 1 N–H and O–H groups in total. The van der Waals surface area contributed by atoms with Gasteiger partial charge >= 0.3 is 0 Å². The summed E-state index contributed by atoms with van der Waals surface area (Å²) >= 11 is 0. The number of carbonyl (C=O) groups is 1. The summed E-state index contributed by atoms with van der Waals surface area (Å²) in [7, 11) is 3.16. The maximum Gasteiger partial charge on any atom is 0.268 e. The van der Waals surface area contributed by atoms with Crippen molar-refractivity contribution < 1.29 is 19.1 Å². The number of nitrogens with one attached hydrogen (secondary N) is 1. The maximum atomic E-state index is 12.5. The number of hydrogen-bond donors (Lipinski definition) is 1. The number of amides is 1. The van der Waals surface area contributed by atoms with E-state index in [2.05, 4.69) is 17.4 Å². The fraction of sp³-hybridized carbons (Fsp3) is 0.300. The third-order valence-corrected chi connectivity index (χ3v) is 4.33. The Kier molecular flexibility index (Phi) is 5.41. The normalized spacial score (nSPS) is 15.8. The first-order valence-corrected chi connectivity index (χ1v) is 8.50. The summed E-state index contributed by atoms with van der Waals surface area (Å²) in [4.78, 5) is 17.9. The molecule has 0 aliphatic carbocycles. The number of aryl methyl sites for hydroxylation is 1. The van der Waals surface area contributed by atoms with Gasteiger partial charge in [0.25, 0.3) is 5.91 Å². The first-order chi connectivity index (χ1) is 12.7. The molecule has 2 aromatic carbocycles. The van der Waals surface area contributed by atoms with E-state index >= 15 is 0 Å². The van der Waals surface area contributed by atoms with E-state index in [4.69, 9.17) is 14.3 Å². The molecule has 1 amide bonds. The minimum absolute atomic E-state index is 0.204. The summed E-state index contributed by atoms with van der Waals surface area (Å²) in [6.45, 7) is 2.05. The summed E-state index contributed by atoms with van der Waals surface area (Å²) in [5.41, 5.74) is 3.44. The predicted octanol–water partition coefficient (Wildman–Crippen LogP) is 3.40. The molecule has 0 unspecified atom stereocenters. The van der Waals surface area contributed by atoms with Crippen LogP contribution < -0.4 is 14.8 Å². The van der Waals surface area contributed by atoms with Gasteiger partial charge in [-0.25, -0.2) is 0 Å². The van der Waals surface area contributed by atoms with Gasteiger partial charge in [-0.05, 0) is 36.2 Å². The molecule has 3 rings (SSSR count). The number of ether oxygens (including phenoxy) is 2. The van der Waals surface area contributed by atoms with Crippen molar-refractivity contribution in [3.05, 3.63) is 53.6 Å². The molecule has 0 aromatic heterocycles. The first kappa shape index (κ1) is 17.8. The molecule has 0 fully saturated rings. The van der Waals surface area contributed by atoms with Crippen LogP contribution in [0.5, 0.6) is 11.5 Å². The summed E-state index contributed by atoms with van der Waals surface area (Å²) in [5, 5.41) is 7.02. The van der Waals surface area contributed by atoms with Crippen LogP contribution in [0.25, 0.3) is 0 Å². The Morgan fingerprint density at radius 2 is 1.96 bits per heavy atom. The van der Waals surface area contributed by atoms with Gasteiger partial charge in [0.15, 0.2) is 11.5 Å². The second kappa shape index (κ2) is 7.91. The molecular formula is C20H22N2O4. The zero-order valence-electron chi connectivity index (χ0n) is 15.1. The van der Waals surface area contributed by atoms with Crippen molar-refractivity contribution in [1.82, 2.24) is 0 Å². The zero-order valence-corrected chi connectivity index (χ0v) is 15.1. The van der Waals surface area contributed by atoms with E-state index in [1.54, 1.807) is 14.2 Å². The fourth-order valence-electron chi connectivity index (χ4n) is 2.87. The average Bonchev–Trinajstić information content (AvgIpc) is 3.18. The zero-order chi connectivity index (χ0) is 18.5. The molecule has 1 atom stereocenters. The molecule has 0 radical (unpaired) electrons. The number of oxime groups is 1. The van der Waals surface area contributed by atoms with Crippen molar-refractivity contribution in [1.29, 1.82) is 0 Å². The Morgan fingerprint density at radius 3 is 2.69 bits per heavy atom. The van der Waals surface area contributed by atoms with Crippen LogP contribution in [0.15, 0.2) is 47.6 Å².